The summed E-state index contributed by atoms with van der Waals surface area (Å²) in [6.45, 7) is 1.98. The Kier molecular flexibility index (Phi) is 4.88. The zero-order chi connectivity index (χ0) is 19.7. The maximum Gasteiger partial charge on any atom is 0.305 e. The molecule has 0 aliphatic carbocycles. The molecule has 0 atom stereocenters. The van der Waals surface area contributed by atoms with Gasteiger partial charge in [-0.2, -0.15) is 5.10 Å². The van der Waals surface area contributed by atoms with Crippen LogP contribution in [-0.4, -0.2) is 22.4 Å². The van der Waals surface area contributed by atoms with Gasteiger partial charge in [-0.15, -0.1) is 0 Å². The van der Waals surface area contributed by atoms with Crippen LogP contribution in [-0.2, 0) is 16.1 Å². The number of benzene rings is 2. The van der Waals surface area contributed by atoms with Crippen molar-refractivity contribution in [3.63, 3.8) is 0 Å². The lowest BCUT2D eigenvalue weighted by Crippen LogP contribution is -2.21. The fourth-order valence-corrected chi connectivity index (χ4v) is 3.18. The van der Waals surface area contributed by atoms with E-state index in [1.807, 2.05) is 24.3 Å². The summed E-state index contributed by atoms with van der Waals surface area (Å²) in [6, 6.07) is 14.5. The summed E-state index contributed by atoms with van der Waals surface area (Å²) in [4.78, 5) is 24.4. The number of esters is 1. The first kappa shape index (κ1) is 18.3. The quantitative estimate of drug-likeness (QED) is 0.468. The van der Waals surface area contributed by atoms with E-state index < -0.39 is 0 Å². The van der Waals surface area contributed by atoms with Crippen molar-refractivity contribution in [2.24, 2.45) is 0 Å². The molecule has 7 heteroatoms. The van der Waals surface area contributed by atoms with E-state index in [9.17, 15) is 9.59 Å². The minimum atomic E-state index is -0.313. The average molecular weight is 397 g/mol. The largest absolute Gasteiger partial charge is 0.464 e. The monoisotopic (exact) mass is 396 g/mol. The van der Waals surface area contributed by atoms with E-state index in [0.29, 0.717) is 27.6 Å². The van der Waals surface area contributed by atoms with E-state index in [-0.39, 0.29) is 31.1 Å². The molecule has 2 aliphatic heterocycles. The molecule has 2 aromatic rings. The molecule has 0 bridgehead atoms. The molecule has 4 rings (SSSR count). The first-order valence-corrected chi connectivity index (χ1v) is 9.30. The number of ether oxygens (including phenoxy) is 1. The predicted molar refractivity (Wildman–Crippen MR) is 107 cm³/mol. The number of rotatable bonds is 5. The van der Waals surface area contributed by atoms with Crippen molar-refractivity contribution in [3.05, 3.63) is 63.9 Å². The summed E-state index contributed by atoms with van der Waals surface area (Å²) >= 11 is 5.99. The molecule has 142 valence electrons. The van der Waals surface area contributed by atoms with Gasteiger partial charge in [0, 0.05) is 22.4 Å². The standard InChI is InChI=1S/C21H17ClN2O4/c1-2-17(25)27-12-11-24-21(26)18-19(23-24)15-5-3-4-6-16(15)28-20(18)13-7-9-14(22)10-8-13/h3-10H,2,11-12H2,1H3. The molecule has 28 heavy (non-hydrogen) atoms. The zero-order valence-corrected chi connectivity index (χ0v) is 15.9. The number of fused-ring (bicyclic) bond motifs is 3. The van der Waals surface area contributed by atoms with Crippen molar-refractivity contribution in [3.8, 4) is 22.6 Å². The van der Waals surface area contributed by atoms with Gasteiger partial charge in [-0.25, -0.2) is 4.68 Å². The second-order valence-corrected chi connectivity index (χ2v) is 6.70. The van der Waals surface area contributed by atoms with Crippen molar-refractivity contribution < 1.29 is 13.9 Å². The van der Waals surface area contributed by atoms with E-state index >= 15 is 0 Å². The highest BCUT2D eigenvalue weighted by Crippen LogP contribution is 2.36. The van der Waals surface area contributed by atoms with Gasteiger partial charge in [-0.3, -0.25) is 9.59 Å². The van der Waals surface area contributed by atoms with Gasteiger partial charge >= 0.3 is 5.97 Å². The molecule has 0 fully saturated rings. The van der Waals surface area contributed by atoms with Crippen molar-refractivity contribution in [1.29, 1.82) is 0 Å². The number of halogens is 1. The lowest BCUT2D eigenvalue weighted by molar-refractivity contribution is -0.143. The highest BCUT2D eigenvalue weighted by Gasteiger charge is 2.25. The van der Waals surface area contributed by atoms with Crippen LogP contribution in [0, 0.1) is 0 Å². The summed E-state index contributed by atoms with van der Waals surface area (Å²) in [7, 11) is 0. The fourth-order valence-electron chi connectivity index (χ4n) is 3.06. The Hall–Kier alpha value is -3.12. The lowest BCUT2D eigenvalue weighted by atomic mass is 10.0. The molecule has 0 amide bonds. The minimum Gasteiger partial charge on any atom is -0.464 e. The van der Waals surface area contributed by atoms with Gasteiger partial charge in [-0.1, -0.05) is 30.7 Å². The van der Waals surface area contributed by atoms with Crippen LogP contribution in [0.15, 0.2) is 57.7 Å². The lowest BCUT2D eigenvalue weighted by Gasteiger charge is -2.08. The first-order chi connectivity index (χ1) is 13.6. The van der Waals surface area contributed by atoms with Crippen molar-refractivity contribution >= 4 is 28.5 Å². The Morgan fingerprint density at radius 2 is 1.93 bits per heavy atom. The summed E-state index contributed by atoms with van der Waals surface area (Å²) < 4.78 is 12.5. The molecule has 2 aromatic carbocycles. The number of aromatic nitrogens is 2. The van der Waals surface area contributed by atoms with Crippen LogP contribution in [0.25, 0.3) is 33.6 Å². The van der Waals surface area contributed by atoms with Crippen LogP contribution < -0.4 is 5.56 Å². The highest BCUT2D eigenvalue weighted by molar-refractivity contribution is 6.30. The van der Waals surface area contributed by atoms with Gasteiger partial charge in [0.05, 0.1) is 6.54 Å². The Morgan fingerprint density at radius 3 is 2.68 bits per heavy atom. The SMILES string of the molecule is CCC(=O)OCCn1nc2c3ccccc3oc(-c3ccc(Cl)cc3)c-2c1=O. The van der Waals surface area contributed by atoms with E-state index in [1.165, 1.54) is 4.68 Å². The van der Waals surface area contributed by atoms with Crippen molar-refractivity contribution in [1.82, 2.24) is 9.78 Å². The smallest absolute Gasteiger partial charge is 0.305 e. The van der Waals surface area contributed by atoms with Crippen LogP contribution in [0.4, 0.5) is 0 Å². The molecule has 0 spiro atoms. The van der Waals surface area contributed by atoms with Gasteiger partial charge in [0.2, 0.25) is 0 Å². The van der Waals surface area contributed by atoms with Gasteiger partial charge in [0.15, 0.2) is 0 Å². The van der Waals surface area contributed by atoms with Crippen LogP contribution >= 0.6 is 11.6 Å². The van der Waals surface area contributed by atoms with E-state index in [0.717, 1.165) is 10.9 Å². The number of hydrogen-bond acceptors (Lipinski definition) is 5. The zero-order valence-electron chi connectivity index (χ0n) is 15.1. The van der Waals surface area contributed by atoms with Crippen molar-refractivity contribution in [2.75, 3.05) is 6.61 Å². The summed E-state index contributed by atoms with van der Waals surface area (Å²) in [5, 5.41) is 5.83. The molecule has 0 N–H and O–H groups in total. The maximum atomic E-state index is 13.1. The Labute approximate surface area is 165 Å². The predicted octanol–water partition coefficient (Wildman–Crippen LogP) is 4.37. The summed E-state index contributed by atoms with van der Waals surface area (Å²) in [5.74, 6) is 0.124. The number of carbonyl (C=O) groups is 1. The fraction of sp³-hybridized carbons (Fsp3) is 0.190. The molecular weight excluding hydrogens is 380 g/mol. The summed E-state index contributed by atoms with van der Waals surface area (Å²) in [6.07, 6.45) is 0.287. The van der Waals surface area contributed by atoms with E-state index in [2.05, 4.69) is 5.10 Å². The van der Waals surface area contributed by atoms with Gasteiger partial charge in [-0.05, 0) is 36.4 Å². The molecule has 6 nitrogen and oxygen atoms in total. The Balaban J connectivity index is 1.87. The Morgan fingerprint density at radius 1 is 1.18 bits per heavy atom. The second-order valence-electron chi connectivity index (χ2n) is 6.26. The average Bonchev–Trinajstić information content (AvgIpc) is 3.05. The normalized spacial score (nSPS) is 11.2. The highest BCUT2D eigenvalue weighted by atomic mass is 35.5. The van der Waals surface area contributed by atoms with Gasteiger partial charge < -0.3 is 9.15 Å². The molecular formula is C21H17ClN2O4. The first-order valence-electron chi connectivity index (χ1n) is 8.92. The van der Waals surface area contributed by atoms with Gasteiger partial charge in [0.1, 0.15) is 29.2 Å². The van der Waals surface area contributed by atoms with Gasteiger partial charge in [0.25, 0.3) is 5.56 Å². The minimum absolute atomic E-state index is 0.0846. The van der Waals surface area contributed by atoms with Crippen LogP contribution in [0.3, 0.4) is 0 Å². The molecule has 0 saturated heterocycles. The summed E-state index contributed by atoms with van der Waals surface area (Å²) in [5.41, 5.74) is 2.01. The second kappa shape index (κ2) is 7.48. The third kappa shape index (κ3) is 3.27. The Bertz CT molecular complexity index is 1180. The number of hydrogen-bond donors (Lipinski definition) is 0. The van der Waals surface area contributed by atoms with E-state index in [4.69, 9.17) is 20.8 Å². The van der Waals surface area contributed by atoms with Crippen LogP contribution in [0.2, 0.25) is 5.02 Å². The molecule has 0 radical (unpaired) electrons. The molecule has 2 aliphatic rings. The number of carbonyl (C=O) groups excluding carboxylic acids is 1. The number of nitrogens with zero attached hydrogens (tertiary/aromatic N) is 2. The third-order valence-corrected chi connectivity index (χ3v) is 4.70. The van der Waals surface area contributed by atoms with Crippen LogP contribution in [0.1, 0.15) is 13.3 Å². The molecule has 0 saturated carbocycles. The third-order valence-electron chi connectivity index (χ3n) is 4.45. The van der Waals surface area contributed by atoms with Crippen molar-refractivity contribution in [2.45, 2.75) is 19.9 Å². The van der Waals surface area contributed by atoms with E-state index in [1.54, 1.807) is 31.2 Å². The van der Waals surface area contributed by atoms with Crippen LogP contribution in [0.5, 0.6) is 0 Å². The maximum absolute atomic E-state index is 13.1. The molecule has 0 aromatic heterocycles. The topological polar surface area (TPSA) is 74.3 Å². The molecule has 2 heterocycles. The molecule has 0 unspecified atom stereocenters. The number of para-hydroxylation sites is 1.